The smallest absolute Gasteiger partial charge is 0.254 e. The fourth-order valence-electron chi connectivity index (χ4n) is 1.80. The summed E-state index contributed by atoms with van der Waals surface area (Å²) in [6.07, 6.45) is 0. The van der Waals surface area contributed by atoms with Crippen molar-refractivity contribution in [1.29, 1.82) is 0 Å². The van der Waals surface area contributed by atoms with Gasteiger partial charge in [0.05, 0.1) is 0 Å². The van der Waals surface area contributed by atoms with Crippen LogP contribution in [0.25, 0.3) is 0 Å². The molecule has 0 spiro atoms. The number of alkyl halides is 1. The van der Waals surface area contributed by atoms with Crippen molar-refractivity contribution in [3.05, 3.63) is 33.7 Å². The molecule has 1 aromatic rings. The molecular formula is C13H20BrNO. The Bertz CT molecular complexity index is 407. The molecule has 0 saturated heterocycles. The first kappa shape index (κ1) is 13.5. The molecule has 0 aliphatic rings. The van der Waals surface area contributed by atoms with Gasteiger partial charge in [-0.3, -0.25) is 4.79 Å². The maximum Gasteiger partial charge on any atom is 0.254 e. The molecule has 2 nitrogen and oxygen atoms in total. The quantitative estimate of drug-likeness (QED) is 0.776. The van der Waals surface area contributed by atoms with Crippen molar-refractivity contribution in [2.24, 2.45) is 5.92 Å². The Morgan fingerprint density at radius 2 is 1.88 bits per heavy atom. The molecule has 0 aliphatic heterocycles. The highest BCUT2D eigenvalue weighted by atomic mass is 79.9. The lowest BCUT2D eigenvalue weighted by atomic mass is 10.1. The van der Waals surface area contributed by atoms with Gasteiger partial charge in [-0.25, -0.2) is 0 Å². The fourth-order valence-corrected chi connectivity index (χ4v) is 2.22. The lowest BCUT2D eigenvalue weighted by Crippen LogP contribution is -2.28. The second-order valence-electron chi connectivity index (χ2n) is 4.88. The highest BCUT2D eigenvalue weighted by molar-refractivity contribution is 9.08. The molecule has 90 valence electrons. The third-order valence-electron chi connectivity index (χ3n) is 2.57. The van der Waals surface area contributed by atoms with Crippen molar-refractivity contribution >= 4 is 15.9 Å². The van der Waals surface area contributed by atoms with Gasteiger partial charge in [0.25, 0.3) is 5.56 Å². The minimum absolute atomic E-state index is 0.150. The van der Waals surface area contributed by atoms with Crippen molar-refractivity contribution in [2.45, 2.75) is 45.5 Å². The average molecular weight is 286 g/mol. The van der Waals surface area contributed by atoms with E-state index in [1.54, 1.807) is 0 Å². The Morgan fingerprint density at radius 1 is 1.25 bits per heavy atom. The zero-order chi connectivity index (χ0) is 12.3. The van der Waals surface area contributed by atoms with Gasteiger partial charge in [-0.05, 0) is 17.9 Å². The monoisotopic (exact) mass is 285 g/mol. The molecule has 0 aromatic carbocycles. The largest absolute Gasteiger partial charge is 0.312 e. The van der Waals surface area contributed by atoms with E-state index in [0.717, 1.165) is 17.8 Å². The Hall–Kier alpha value is -0.570. The van der Waals surface area contributed by atoms with E-state index in [-0.39, 0.29) is 5.56 Å². The molecule has 16 heavy (non-hydrogen) atoms. The molecule has 3 heteroatoms. The van der Waals surface area contributed by atoms with Crippen LogP contribution in [0.15, 0.2) is 16.9 Å². The Balaban J connectivity index is 3.31. The summed E-state index contributed by atoms with van der Waals surface area (Å²) in [6.45, 7) is 9.32. The van der Waals surface area contributed by atoms with Gasteiger partial charge < -0.3 is 4.57 Å². The summed E-state index contributed by atoms with van der Waals surface area (Å²) >= 11 is 3.36. The summed E-state index contributed by atoms with van der Waals surface area (Å²) in [5.74, 6) is 0.872. The van der Waals surface area contributed by atoms with Gasteiger partial charge in [-0.15, -0.1) is 0 Å². The number of hydrogen-bond donors (Lipinski definition) is 0. The first-order chi connectivity index (χ1) is 7.47. The maximum absolute atomic E-state index is 12.2. The minimum Gasteiger partial charge on any atom is -0.312 e. The topological polar surface area (TPSA) is 22.0 Å². The Morgan fingerprint density at radius 3 is 2.31 bits per heavy atom. The number of aromatic nitrogens is 1. The predicted molar refractivity (Wildman–Crippen MR) is 72.3 cm³/mol. The lowest BCUT2D eigenvalue weighted by molar-refractivity contribution is 0.486. The number of halogens is 1. The summed E-state index contributed by atoms with van der Waals surface area (Å²) in [7, 11) is 0. The number of rotatable bonds is 4. The maximum atomic E-state index is 12.2. The van der Waals surface area contributed by atoms with E-state index in [9.17, 15) is 4.79 Å². The molecular weight excluding hydrogens is 266 g/mol. The van der Waals surface area contributed by atoms with E-state index in [2.05, 4.69) is 49.7 Å². The molecule has 0 saturated carbocycles. The Labute approximate surface area is 106 Å². The van der Waals surface area contributed by atoms with Crippen molar-refractivity contribution in [3.8, 4) is 0 Å². The zero-order valence-electron chi connectivity index (χ0n) is 10.5. The highest BCUT2D eigenvalue weighted by Gasteiger charge is 2.11. The van der Waals surface area contributed by atoms with Crippen molar-refractivity contribution < 1.29 is 0 Å². The second-order valence-corrected chi connectivity index (χ2v) is 5.44. The Kier molecular flexibility index (Phi) is 4.78. The molecule has 0 N–H and O–H groups in total. The van der Waals surface area contributed by atoms with Crippen LogP contribution < -0.4 is 5.56 Å². The van der Waals surface area contributed by atoms with Gasteiger partial charge in [0.15, 0.2) is 0 Å². The third kappa shape index (κ3) is 2.97. The second kappa shape index (κ2) is 5.67. The van der Waals surface area contributed by atoms with E-state index in [1.165, 1.54) is 0 Å². The SMILES string of the molecule is CC(C)Cn1c(C(C)C)ccc(CBr)c1=O. The normalized spacial score (nSPS) is 11.4. The summed E-state index contributed by atoms with van der Waals surface area (Å²) in [6, 6.07) is 4.01. The molecule has 0 bridgehead atoms. The molecule has 0 amide bonds. The standard InChI is InChI=1S/C13H20BrNO/c1-9(2)8-15-12(10(3)4)6-5-11(7-14)13(15)16/h5-6,9-10H,7-8H2,1-4H3. The van der Waals surface area contributed by atoms with Crippen LogP contribution in [0.1, 0.15) is 44.9 Å². The predicted octanol–water partition coefficient (Wildman–Crippen LogP) is 3.52. The van der Waals surface area contributed by atoms with Gasteiger partial charge in [0.2, 0.25) is 0 Å². The van der Waals surface area contributed by atoms with Gasteiger partial charge in [-0.1, -0.05) is 49.7 Å². The van der Waals surface area contributed by atoms with Crippen LogP contribution in [0, 0.1) is 5.92 Å². The van der Waals surface area contributed by atoms with Crippen LogP contribution in [-0.2, 0) is 11.9 Å². The van der Waals surface area contributed by atoms with E-state index >= 15 is 0 Å². The van der Waals surface area contributed by atoms with Crippen LogP contribution in [0.2, 0.25) is 0 Å². The van der Waals surface area contributed by atoms with Crippen LogP contribution in [-0.4, -0.2) is 4.57 Å². The van der Waals surface area contributed by atoms with Gasteiger partial charge >= 0.3 is 0 Å². The van der Waals surface area contributed by atoms with E-state index in [1.807, 2.05) is 10.6 Å². The number of pyridine rings is 1. The molecule has 0 radical (unpaired) electrons. The molecule has 0 atom stereocenters. The summed E-state index contributed by atoms with van der Waals surface area (Å²) < 4.78 is 1.92. The molecule has 0 aliphatic carbocycles. The van der Waals surface area contributed by atoms with Gasteiger partial charge in [0.1, 0.15) is 0 Å². The van der Waals surface area contributed by atoms with E-state index in [0.29, 0.717) is 17.2 Å². The summed E-state index contributed by atoms with van der Waals surface area (Å²) in [5.41, 5.74) is 2.12. The zero-order valence-corrected chi connectivity index (χ0v) is 12.0. The average Bonchev–Trinajstić information content (AvgIpc) is 2.19. The minimum atomic E-state index is 0.150. The number of hydrogen-bond acceptors (Lipinski definition) is 1. The highest BCUT2D eigenvalue weighted by Crippen LogP contribution is 2.15. The number of nitrogens with zero attached hydrogens (tertiary/aromatic N) is 1. The van der Waals surface area contributed by atoms with Crippen molar-refractivity contribution in [3.63, 3.8) is 0 Å². The summed E-state index contributed by atoms with van der Waals surface area (Å²) in [5, 5.41) is 0.627. The van der Waals surface area contributed by atoms with Crippen molar-refractivity contribution in [2.75, 3.05) is 0 Å². The molecule has 1 aromatic heterocycles. The van der Waals surface area contributed by atoms with Crippen LogP contribution >= 0.6 is 15.9 Å². The first-order valence-electron chi connectivity index (χ1n) is 5.76. The molecule has 0 fully saturated rings. The van der Waals surface area contributed by atoms with Crippen molar-refractivity contribution in [1.82, 2.24) is 4.57 Å². The molecule has 1 rings (SSSR count). The lowest BCUT2D eigenvalue weighted by Gasteiger charge is -2.18. The van der Waals surface area contributed by atoms with Gasteiger partial charge in [0, 0.05) is 23.1 Å². The molecule has 1 heterocycles. The van der Waals surface area contributed by atoms with E-state index < -0.39 is 0 Å². The fraction of sp³-hybridized carbons (Fsp3) is 0.615. The van der Waals surface area contributed by atoms with E-state index in [4.69, 9.17) is 0 Å². The van der Waals surface area contributed by atoms with Gasteiger partial charge in [-0.2, -0.15) is 0 Å². The van der Waals surface area contributed by atoms with Crippen LogP contribution in [0.3, 0.4) is 0 Å². The van der Waals surface area contributed by atoms with Crippen LogP contribution in [0.4, 0.5) is 0 Å². The summed E-state index contributed by atoms with van der Waals surface area (Å²) in [4.78, 5) is 12.2. The molecule has 0 unspecified atom stereocenters. The van der Waals surface area contributed by atoms with Crippen LogP contribution in [0.5, 0.6) is 0 Å². The first-order valence-corrected chi connectivity index (χ1v) is 6.88. The third-order valence-corrected chi connectivity index (χ3v) is 3.17.